The lowest BCUT2D eigenvalue weighted by molar-refractivity contribution is -0.118. The summed E-state index contributed by atoms with van der Waals surface area (Å²) in [5, 5.41) is 4.12. The van der Waals surface area contributed by atoms with E-state index < -0.39 is 0 Å². The number of thioether (sulfide) groups is 1. The summed E-state index contributed by atoms with van der Waals surface area (Å²) in [6, 6.07) is 10.5. The summed E-state index contributed by atoms with van der Waals surface area (Å²) in [7, 11) is 1.51. The number of carbonyl (C=O) groups excluding carboxylic acids is 1. The molecule has 150 valence electrons. The number of fused-ring (bicyclic) bond motifs is 1. The van der Waals surface area contributed by atoms with Crippen LogP contribution < -0.4 is 15.6 Å². The van der Waals surface area contributed by atoms with E-state index in [0.29, 0.717) is 39.1 Å². The fourth-order valence-electron chi connectivity index (χ4n) is 2.78. The van der Waals surface area contributed by atoms with Gasteiger partial charge in [-0.05, 0) is 30.7 Å². The number of aromatic nitrogens is 2. The molecule has 1 N–H and O–H groups in total. The minimum atomic E-state index is -0.246. The Kier molecular flexibility index (Phi) is 6.61. The quantitative estimate of drug-likeness (QED) is 0.352. The molecule has 0 atom stereocenters. The van der Waals surface area contributed by atoms with E-state index in [4.69, 9.17) is 16.3 Å². The highest BCUT2D eigenvalue weighted by atomic mass is 35.5. The maximum absolute atomic E-state index is 13.3. The number of rotatable bonds is 7. The minimum absolute atomic E-state index is 0.105. The zero-order chi connectivity index (χ0) is 21.0. The monoisotopic (exact) mass is 429 g/mol. The maximum atomic E-state index is 13.3. The molecule has 1 heterocycles. The number of para-hydroxylation sites is 1. The third kappa shape index (κ3) is 4.46. The van der Waals surface area contributed by atoms with Crippen molar-refractivity contribution in [3.63, 3.8) is 0 Å². The Morgan fingerprint density at radius 2 is 2.14 bits per heavy atom. The van der Waals surface area contributed by atoms with Gasteiger partial charge < -0.3 is 10.1 Å². The van der Waals surface area contributed by atoms with Crippen LogP contribution in [0.15, 0.2) is 59.0 Å². The summed E-state index contributed by atoms with van der Waals surface area (Å²) in [5.74, 6) is 0.369. The molecule has 3 rings (SSSR count). The number of nitrogens with one attached hydrogen (secondary N) is 1. The zero-order valence-electron chi connectivity index (χ0n) is 16.1. The normalized spacial score (nSPS) is 10.7. The van der Waals surface area contributed by atoms with Gasteiger partial charge in [0, 0.05) is 17.6 Å². The number of halogens is 1. The van der Waals surface area contributed by atoms with Crippen molar-refractivity contribution in [2.45, 2.75) is 12.1 Å². The molecule has 3 aromatic rings. The van der Waals surface area contributed by atoms with Crippen LogP contribution in [0, 0.1) is 6.92 Å². The fourth-order valence-corrected chi connectivity index (χ4v) is 3.76. The van der Waals surface area contributed by atoms with Gasteiger partial charge in [-0.3, -0.25) is 14.2 Å². The molecule has 0 aliphatic heterocycles. The second-order valence-corrected chi connectivity index (χ2v) is 7.56. The molecule has 0 saturated heterocycles. The Labute approximate surface area is 177 Å². The summed E-state index contributed by atoms with van der Waals surface area (Å²) in [6.07, 6.45) is 1.61. The number of carbonyl (C=O) groups is 1. The Balaban J connectivity index is 2.18. The number of amides is 1. The highest BCUT2D eigenvalue weighted by molar-refractivity contribution is 7.99. The molecule has 0 unspecified atom stereocenters. The molecule has 2 aromatic carbocycles. The van der Waals surface area contributed by atoms with Crippen LogP contribution in [0.1, 0.15) is 5.56 Å². The van der Waals surface area contributed by atoms with Crippen molar-refractivity contribution in [2.24, 2.45) is 0 Å². The molecule has 0 fully saturated rings. The number of benzene rings is 2. The summed E-state index contributed by atoms with van der Waals surface area (Å²) in [5.41, 5.74) is 1.63. The van der Waals surface area contributed by atoms with Gasteiger partial charge in [0.2, 0.25) is 5.91 Å². The van der Waals surface area contributed by atoms with Gasteiger partial charge in [-0.1, -0.05) is 41.6 Å². The molecule has 1 amide bonds. The van der Waals surface area contributed by atoms with Crippen LogP contribution in [0.4, 0.5) is 0 Å². The Hall–Kier alpha value is -2.77. The van der Waals surface area contributed by atoms with Crippen LogP contribution in [0.25, 0.3) is 16.6 Å². The number of nitrogens with zero attached hydrogens (tertiary/aromatic N) is 2. The first-order valence-electron chi connectivity index (χ1n) is 8.83. The van der Waals surface area contributed by atoms with Crippen molar-refractivity contribution in [2.75, 3.05) is 19.4 Å². The van der Waals surface area contributed by atoms with Gasteiger partial charge in [-0.15, -0.1) is 6.58 Å². The first-order chi connectivity index (χ1) is 14.0. The van der Waals surface area contributed by atoms with Crippen molar-refractivity contribution in [1.82, 2.24) is 14.9 Å². The smallest absolute Gasteiger partial charge is 0.266 e. The van der Waals surface area contributed by atoms with Gasteiger partial charge in [0.25, 0.3) is 5.56 Å². The van der Waals surface area contributed by atoms with E-state index in [1.54, 1.807) is 36.4 Å². The Bertz CT molecular complexity index is 1140. The van der Waals surface area contributed by atoms with Crippen molar-refractivity contribution >= 4 is 40.2 Å². The number of ether oxygens (including phenoxy) is 1. The number of hydrogen-bond acceptors (Lipinski definition) is 5. The van der Waals surface area contributed by atoms with E-state index in [0.717, 1.165) is 5.56 Å². The van der Waals surface area contributed by atoms with Crippen molar-refractivity contribution in [3.05, 3.63) is 70.0 Å². The van der Waals surface area contributed by atoms with E-state index in [1.165, 1.54) is 23.4 Å². The summed E-state index contributed by atoms with van der Waals surface area (Å²) in [4.78, 5) is 30.0. The lowest BCUT2D eigenvalue weighted by Gasteiger charge is -2.17. The first kappa shape index (κ1) is 21.0. The van der Waals surface area contributed by atoms with Gasteiger partial charge in [0.05, 0.1) is 29.5 Å². The Morgan fingerprint density at radius 3 is 2.86 bits per heavy atom. The molecule has 8 heteroatoms. The third-order valence-electron chi connectivity index (χ3n) is 4.22. The van der Waals surface area contributed by atoms with E-state index >= 15 is 0 Å². The summed E-state index contributed by atoms with van der Waals surface area (Å²) in [6.45, 7) is 5.80. The highest BCUT2D eigenvalue weighted by Gasteiger charge is 2.18. The molecule has 0 spiro atoms. The lowest BCUT2D eigenvalue weighted by atomic mass is 10.2. The van der Waals surface area contributed by atoms with Gasteiger partial charge in [-0.25, -0.2) is 4.98 Å². The van der Waals surface area contributed by atoms with E-state index in [-0.39, 0.29) is 17.2 Å². The van der Waals surface area contributed by atoms with E-state index in [2.05, 4.69) is 16.9 Å². The predicted octanol–water partition coefficient (Wildman–Crippen LogP) is 3.75. The molecule has 0 saturated carbocycles. The van der Waals surface area contributed by atoms with Crippen LogP contribution in [0.3, 0.4) is 0 Å². The maximum Gasteiger partial charge on any atom is 0.266 e. The van der Waals surface area contributed by atoms with Gasteiger partial charge >= 0.3 is 0 Å². The molecule has 1 aromatic heterocycles. The van der Waals surface area contributed by atoms with Crippen molar-refractivity contribution < 1.29 is 9.53 Å². The molecular formula is C21H20ClN3O3S. The molecular weight excluding hydrogens is 410 g/mol. The number of methoxy groups -OCH3 is 1. The van der Waals surface area contributed by atoms with Crippen molar-refractivity contribution in [3.8, 4) is 11.4 Å². The van der Waals surface area contributed by atoms with Crippen LogP contribution >= 0.6 is 23.4 Å². The van der Waals surface area contributed by atoms with Crippen LogP contribution in [-0.4, -0.2) is 34.9 Å². The molecule has 0 bridgehead atoms. The predicted molar refractivity (Wildman–Crippen MR) is 118 cm³/mol. The second kappa shape index (κ2) is 9.15. The van der Waals surface area contributed by atoms with Crippen LogP contribution in [0.2, 0.25) is 5.02 Å². The molecule has 0 aliphatic carbocycles. The fraction of sp³-hybridized carbons (Fsp3) is 0.190. The zero-order valence-corrected chi connectivity index (χ0v) is 17.6. The standard InChI is InChI=1S/C21H20ClN3O3S/c1-4-9-23-19(26)12-29-21-24-16-8-6-5-7-14(16)20(27)25(21)17-10-13(2)15(22)11-18(17)28-3/h4-8,10-11H,1,9,12H2,2-3H3,(H,23,26). The van der Waals surface area contributed by atoms with Gasteiger partial charge in [0.15, 0.2) is 5.16 Å². The Morgan fingerprint density at radius 1 is 1.38 bits per heavy atom. The van der Waals surface area contributed by atoms with Gasteiger partial charge in [-0.2, -0.15) is 0 Å². The summed E-state index contributed by atoms with van der Waals surface area (Å²) < 4.78 is 6.93. The first-order valence-corrected chi connectivity index (χ1v) is 10.2. The average molecular weight is 430 g/mol. The van der Waals surface area contributed by atoms with Crippen molar-refractivity contribution in [1.29, 1.82) is 0 Å². The van der Waals surface area contributed by atoms with Crippen LogP contribution in [0.5, 0.6) is 5.75 Å². The average Bonchev–Trinajstić information content (AvgIpc) is 2.72. The molecule has 0 radical (unpaired) electrons. The SMILES string of the molecule is C=CCNC(=O)CSc1nc2ccccc2c(=O)n1-c1cc(C)c(Cl)cc1OC. The molecule has 6 nitrogen and oxygen atoms in total. The largest absolute Gasteiger partial charge is 0.495 e. The van der Waals surface area contributed by atoms with Gasteiger partial charge in [0.1, 0.15) is 5.75 Å². The van der Waals surface area contributed by atoms with E-state index in [1.807, 2.05) is 13.0 Å². The minimum Gasteiger partial charge on any atom is -0.495 e. The second-order valence-electron chi connectivity index (χ2n) is 6.21. The third-order valence-corrected chi connectivity index (χ3v) is 5.57. The molecule has 0 aliphatic rings. The van der Waals surface area contributed by atoms with E-state index in [9.17, 15) is 9.59 Å². The topological polar surface area (TPSA) is 73.2 Å². The highest BCUT2D eigenvalue weighted by Crippen LogP contribution is 2.31. The number of hydrogen-bond donors (Lipinski definition) is 1. The number of aryl methyl sites for hydroxylation is 1. The lowest BCUT2D eigenvalue weighted by Crippen LogP contribution is -2.26. The van der Waals surface area contributed by atoms with Crippen LogP contribution in [-0.2, 0) is 4.79 Å². The molecule has 29 heavy (non-hydrogen) atoms. The summed E-state index contributed by atoms with van der Waals surface area (Å²) >= 11 is 7.40.